The zero-order chi connectivity index (χ0) is 24.5. The summed E-state index contributed by atoms with van der Waals surface area (Å²) >= 11 is 0. The number of halogens is 1. The number of unbranched alkanes of at least 4 members (excludes halogenated alkanes) is 1. The summed E-state index contributed by atoms with van der Waals surface area (Å²) in [5, 5.41) is 10.2. The number of nitrogens with zero attached hydrogens (tertiary/aromatic N) is 3. The molecule has 8 nitrogen and oxygen atoms in total. The number of carbonyl (C=O) groups is 3. The molecule has 34 heavy (non-hydrogen) atoms. The number of anilines is 1. The highest BCUT2D eigenvalue weighted by Crippen LogP contribution is 2.29. The van der Waals surface area contributed by atoms with Gasteiger partial charge < -0.3 is 15.5 Å². The molecule has 2 N–H and O–H groups in total. The Morgan fingerprint density at radius 1 is 1.24 bits per heavy atom. The summed E-state index contributed by atoms with van der Waals surface area (Å²) in [6.07, 6.45) is 5.73. The lowest BCUT2D eigenvalue weighted by molar-refractivity contribution is -0.133. The number of fused-ring (bicyclic) bond motifs is 1. The number of nitrogens with one attached hydrogen (secondary N) is 2. The first-order valence-corrected chi connectivity index (χ1v) is 12.0. The number of benzene rings is 1. The molecular formula is C25H32FN5O3. The highest BCUT2D eigenvalue weighted by atomic mass is 19.1. The van der Waals surface area contributed by atoms with E-state index in [-0.39, 0.29) is 41.6 Å². The first kappa shape index (κ1) is 23.9. The fraction of sp³-hybridized carbons (Fsp3) is 0.520. The Morgan fingerprint density at radius 3 is 2.65 bits per heavy atom. The van der Waals surface area contributed by atoms with Crippen LogP contribution in [-0.2, 0) is 11.3 Å². The molecule has 4 rings (SSSR count). The van der Waals surface area contributed by atoms with Crippen LogP contribution in [0.3, 0.4) is 0 Å². The number of amides is 3. The fourth-order valence-electron chi connectivity index (χ4n) is 4.78. The molecule has 2 heterocycles. The van der Waals surface area contributed by atoms with E-state index in [4.69, 9.17) is 0 Å². The molecule has 0 spiro atoms. The van der Waals surface area contributed by atoms with Crippen LogP contribution in [0.4, 0.5) is 10.1 Å². The standard InChI is InChI=1S/C25H32FN5O3/c1-4-5-12-30-23(33)21-14-20(22(32)28-19-11-10-17(26)13-16(19)2)29-31(21)15-25(30,3)24(34)27-18-8-6-7-9-18/h10-11,13-14,18H,4-9,12,15H2,1-3H3,(H,27,34)(H,28,32). The molecule has 0 radical (unpaired) electrons. The van der Waals surface area contributed by atoms with Crippen molar-refractivity contribution in [1.29, 1.82) is 0 Å². The topological polar surface area (TPSA) is 96.3 Å². The molecule has 1 aromatic carbocycles. The molecule has 0 saturated heterocycles. The van der Waals surface area contributed by atoms with Crippen LogP contribution in [0.25, 0.3) is 0 Å². The van der Waals surface area contributed by atoms with Crippen molar-refractivity contribution in [3.05, 3.63) is 47.0 Å². The highest BCUT2D eigenvalue weighted by Gasteiger charge is 2.48. The molecule has 1 fully saturated rings. The van der Waals surface area contributed by atoms with Crippen molar-refractivity contribution in [3.8, 4) is 0 Å². The minimum atomic E-state index is -1.10. The summed E-state index contributed by atoms with van der Waals surface area (Å²) in [5.74, 6) is -1.38. The van der Waals surface area contributed by atoms with E-state index in [0.29, 0.717) is 17.8 Å². The third-order valence-corrected chi connectivity index (χ3v) is 6.88. The molecule has 182 valence electrons. The van der Waals surface area contributed by atoms with Crippen molar-refractivity contribution in [3.63, 3.8) is 0 Å². The van der Waals surface area contributed by atoms with Gasteiger partial charge >= 0.3 is 0 Å². The number of hydrogen-bond donors (Lipinski definition) is 2. The van der Waals surface area contributed by atoms with Gasteiger partial charge in [-0.1, -0.05) is 26.2 Å². The normalized spacial score (nSPS) is 20.4. The molecule has 2 aromatic rings. The lowest BCUT2D eigenvalue weighted by atomic mass is 9.94. The predicted molar refractivity (Wildman–Crippen MR) is 126 cm³/mol. The zero-order valence-corrected chi connectivity index (χ0v) is 20.0. The molecule has 1 aliphatic heterocycles. The van der Waals surface area contributed by atoms with Gasteiger partial charge in [-0.25, -0.2) is 4.39 Å². The van der Waals surface area contributed by atoms with Crippen LogP contribution in [0.5, 0.6) is 0 Å². The fourth-order valence-corrected chi connectivity index (χ4v) is 4.78. The van der Waals surface area contributed by atoms with Crippen LogP contribution < -0.4 is 10.6 Å². The lowest BCUT2D eigenvalue weighted by Crippen LogP contribution is -2.65. The largest absolute Gasteiger partial charge is 0.351 e. The molecule has 1 saturated carbocycles. The molecule has 1 aliphatic carbocycles. The molecule has 1 atom stereocenters. The quantitative estimate of drug-likeness (QED) is 0.647. The van der Waals surface area contributed by atoms with Gasteiger partial charge in [0, 0.05) is 24.3 Å². The monoisotopic (exact) mass is 469 g/mol. The van der Waals surface area contributed by atoms with Gasteiger partial charge in [0.15, 0.2) is 5.69 Å². The maximum Gasteiger partial charge on any atom is 0.276 e. The van der Waals surface area contributed by atoms with Gasteiger partial charge in [-0.2, -0.15) is 5.10 Å². The van der Waals surface area contributed by atoms with Gasteiger partial charge in [0.2, 0.25) is 5.91 Å². The Labute approximate surface area is 198 Å². The minimum absolute atomic E-state index is 0.0722. The van der Waals surface area contributed by atoms with E-state index in [9.17, 15) is 18.8 Å². The van der Waals surface area contributed by atoms with Crippen molar-refractivity contribution >= 4 is 23.4 Å². The van der Waals surface area contributed by atoms with Gasteiger partial charge in [0.25, 0.3) is 11.8 Å². The van der Waals surface area contributed by atoms with Crippen molar-refractivity contribution in [2.75, 3.05) is 11.9 Å². The van der Waals surface area contributed by atoms with Crippen LogP contribution in [0.1, 0.15) is 78.9 Å². The second-order valence-corrected chi connectivity index (χ2v) is 9.52. The molecule has 9 heteroatoms. The van der Waals surface area contributed by atoms with Crippen molar-refractivity contribution < 1.29 is 18.8 Å². The SMILES string of the molecule is CCCCN1C(=O)c2cc(C(=O)Nc3ccc(F)cc3C)nn2CC1(C)C(=O)NC1CCCC1. The van der Waals surface area contributed by atoms with E-state index in [1.165, 1.54) is 28.9 Å². The van der Waals surface area contributed by atoms with E-state index in [1.807, 2.05) is 6.92 Å². The van der Waals surface area contributed by atoms with Crippen LogP contribution in [0.15, 0.2) is 24.3 Å². The van der Waals surface area contributed by atoms with Gasteiger partial charge in [-0.3, -0.25) is 19.1 Å². The highest BCUT2D eigenvalue weighted by molar-refractivity contribution is 6.06. The minimum Gasteiger partial charge on any atom is -0.351 e. The van der Waals surface area contributed by atoms with E-state index in [1.54, 1.807) is 18.7 Å². The van der Waals surface area contributed by atoms with Crippen molar-refractivity contribution in [2.45, 2.75) is 77.4 Å². The summed E-state index contributed by atoms with van der Waals surface area (Å²) in [7, 11) is 0. The molecular weight excluding hydrogens is 437 g/mol. The zero-order valence-electron chi connectivity index (χ0n) is 20.0. The first-order valence-electron chi connectivity index (χ1n) is 12.0. The Kier molecular flexibility index (Phi) is 6.72. The van der Waals surface area contributed by atoms with Gasteiger partial charge in [0.05, 0.1) is 6.54 Å². The van der Waals surface area contributed by atoms with Gasteiger partial charge in [0.1, 0.15) is 17.1 Å². The van der Waals surface area contributed by atoms with Gasteiger partial charge in [-0.15, -0.1) is 0 Å². The molecule has 1 unspecified atom stereocenters. The van der Waals surface area contributed by atoms with Crippen molar-refractivity contribution in [2.24, 2.45) is 0 Å². The maximum absolute atomic E-state index is 13.5. The first-order chi connectivity index (χ1) is 16.2. The summed E-state index contributed by atoms with van der Waals surface area (Å²) in [4.78, 5) is 41.4. The lowest BCUT2D eigenvalue weighted by Gasteiger charge is -2.43. The molecule has 3 amide bonds. The van der Waals surface area contributed by atoms with Crippen molar-refractivity contribution in [1.82, 2.24) is 20.0 Å². The third-order valence-electron chi connectivity index (χ3n) is 6.88. The number of aromatic nitrogens is 2. The maximum atomic E-state index is 13.5. The van der Waals surface area contributed by atoms with E-state index in [2.05, 4.69) is 15.7 Å². The summed E-state index contributed by atoms with van der Waals surface area (Å²) in [6, 6.07) is 5.68. The number of carbonyl (C=O) groups excluding carboxylic acids is 3. The predicted octanol–water partition coefficient (Wildman–Crippen LogP) is 3.66. The summed E-state index contributed by atoms with van der Waals surface area (Å²) < 4.78 is 14.9. The molecule has 2 aliphatic rings. The Hall–Kier alpha value is -3.23. The number of rotatable bonds is 7. The summed E-state index contributed by atoms with van der Waals surface area (Å²) in [5.41, 5.74) is 0.297. The smallest absolute Gasteiger partial charge is 0.276 e. The van der Waals surface area contributed by atoms with Crippen LogP contribution in [0, 0.1) is 12.7 Å². The van der Waals surface area contributed by atoms with E-state index in [0.717, 1.165) is 38.5 Å². The Morgan fingerprint density at radius 2 is 1.97 bits per heavy atom. The van der Waals surface area contributed by atoms with Crippen LogP contribution in [0.2, 0.25) is 0 Å². The summed E-state index contributed by atoms with van der Waals surface area (Å²) in [6.45, 7) is 6.12. The Bertz CT molecular complexity index is 1110. The van der Waals surface area contributed by atoms with Crippen LogP contribution >= 0.6 is 0 Å². The molecule has 1 aromatic heterocycles. The molecule has 0 bridgehead atoms. The second kappa shape index (κ2) is 9.56. The van der Waals surface area contributed by atoms with E-state index >= 15 is 0 Å². The Balaban J connectivity index is 1.60. The third kappa shape index (κ3) is 4.56. The average Bonchev–Trinajstić information content (AvgIpc) is 3.45. The van der Waals surface area contributed by atoms with Crippen LogP contribution in [-0.4, -0.2) is 50.5 Å². The average molecular weight is 470 g/mol. The number of hydrogen-bond acceptors (Lipinski definition) is 4. The van der Waals surface area contributed by atoms with Gasteiger partial charge in [-0.05, 0) is 56.9 Å². The van der Waals surface area contributed by atoms with E-state index < -0.39 is 11.4 Å². The second-order valence-electron chi connectivity index (χ2n) is 9.52. The number of aryl methyl sites for hydroxylation is 1.